The molecule has 252 valence electrons. The van der Waals surface area contributed by atoms with E-state index in [1.165, 1.54) is 4.90 Å². The van der Waals surface area contributed by atoms with Gasteiger partial charge in [0.1, 0.15) is 17.2 Å². The van der Waals surface area contributed by atoms with Crippen molar-refractivity contribution in [1.82, 2.24) is 4.90 Å². The summed E-state index contributed by atoms with van der Waals surface area (Å²) in [5, 5.41) is 4.03. The molecule has 1 aliphatic rings. The van der Waals surface area contributed by atoms with Gasteiger partial charge in [0.05, 0.1) is 0 Å². The molecule has 9 heteroatoms. The Kier molecular flexibility index (Phi) is 10.8. The van der Waals surface area contributed by atoms with Crippen molar-refractivity contribution >= 4 is 77.0 Å². The standard InChI is InChI=1S/C39H41Br2NO6/c1-24-6-15-33(36(45)47-38(2,3)18-16-34(43)29-9-7-27-22-31(40)13-11-25(27)20-29)42(24)37(46)48-39(4,5)19-17-35(44)30-10-8-28-23-32(41)14-12-26(28)21-30/h7-14,20-24,33H,6,15-19H2,1-5H3. The van der Waals surface area contributed by atoms with E-state index in [0.29, 0.717) is 36.8 Å². The molecular weight excluding hydrogens is 738 g/mol. The number of likely N-dealkylation sites (tertiary alicyclic amines) is 1. The molecule has 1 fully saturated rings. The van der Waals surface area contributed by atoms with Gasteiger partial charge in [0.15, 0.2) is 11.6 Å². The fourth-order valence-corrected chi connectivity index (χ4v) is 6.91. The highest BCUT2D eigenvalue weighted by atomic mass is 79.9. The van der Waals surface area contributed by atoms with Crippen molar-refractivity contribution in [2.75, 3.05) is 0 Å². The SMILES string of the molecule is CC1CCC(C(=O)OC(C)(C)CCC(=O)c2ccc3cc(Br)ccc3c2)N1C(=O)OC(C)(C)CCC(=O)c1ccc2cc(Br)ccc2c1. The van der Waals surface area contributed by atoms with Crippen molar-refractivity contribution in [2.45, 2.75) is 96.4 Å². The first-order chi connectivity index (χ1) is 22.6. The fraction of sp³-hybridized carbons (Fsp3) is 0.385. The summed E-state index contributed by atoms with van der Waals surface area (Å²) < 4.78 is 13.8. The molecule has 0 spiro atoms. The first kappa shape index (κ1) is 35.7. The zero-order valence-corrected chi connectivity index (χ0v) is 31.2. The highest BCUT2D eigenvalue weighted by Crippen LogP contribution is 2.31. The van der Waals surface area contributed by atoms with Crippen LogP contribution in [-0.2, 0) is 14.3 Å². The molecule has 0 bridgehead atoms. The Morgan fingerprint density at radius 1 is 0.667 bits per heavy atom. The fourth-order valence-electron chi connectivity index (χ4n) is 6.15. The molecule has 1 amide bonds. The Hall–Kier alpha value is -3.56. The topological polar surface area (TPSA) is 90.0 Å². The van der Waals surface area contributed by atoms with Gasteiger partial charge >= 0.3 is 12.1 Å². The van der Waals surface area contributed by atoms with E-state index in [1.807, 2.05) is 79.7 Å². The second-order valence-corrected chi connectivity index (χ2v) is 15.7. The van der Waals surface area contributed by atoms with E-state index in [0.717, 1.165) is 30.5 Å². The largest absolute Gasteiger partial charge is 0.458 e. The van der Waals surface area contributed by atoms with Crippen LogP contribution in [0.5, 0.6) is 0 Å². The number of fused-ring (bicyclic) bond motifs is 2. The van der Waals surface area contributed by atoms with Gasteiger partial charge < -0.3 is 9.47 Å². The van der Waals surface area contributed by atoms with Gasteiger partial charge in [0, 0.05) is 39.0 Å². The number of benzene rings is 4. The number of nitrogens with zero attached hydrogens (tertiary/aromatic N) is 1. The molecule has 0 aromatic heterocycles. The van der Waals surface area contributed by atoms with Gasteiger partial charge in [-0.1, -0.05) is 68.3 Å². The van der Waals surface area contributed by atoms with E-state index >= 15 is 0 Å². The van der Waals surface area contributed by atoms with Crippen LogP contribution >= 0.6 is 31.9 Å². The predicted octanol–water partition coefficient (Wildman–Crippen LogP) is 10.2. The van der Waals surface area contributed by atoms with Gasteiger partial charge in [-0.05, 0) is 118 Å². The number of halogens is 2. The lowest BCUT2D eigenvalue weighted by molar-refractivity contribution is -0.162. The van der Waals surface area contributed by atoms with Crippen molar-refractivity contribution in [2.24, 2.45) is 0 Å². The smallest absolute Gasteiger partial charge is 0.411 e. The number of hydrogen-bond donors (Lipinski definition) is 0. The molecule has 0 radical (unpaired) electrons. The molecule has 5 rings (SSSR count). The number of ether oxygens (including phenoxy) is 2. The second-order valence-electron chi connectivity index (χ2n) is 13.9. The van der Waals surface area contributed by atoms with Gasteiger partial charge in [-0.2, -0.15) is 0 Å². The molecule has 1 heterocycles. The number of Topliss-reactive ketones (excluding diaryl/α,β-unsaturated/α-hetero) is 2. The molecular formula is C39H41Br2NO6. The number of carbonyl (C=O) groups is 4. The Bertz CT molecular complexity index is 1880. The molecule has 0 saturated carbocycles. The van der Waals surface area contributed by atoms with Gasteiger partial charge in [-0.25, -0.2) is 9.59 Å². The third-order valence-electron chi connectivity index (χ3n) is 9.05. The lowest BCUT2D eigenvalue weighted by Gasteiger charge is -2.34. The summed E-state index contributed by atoms with van der Waals surface area (Å²) in [6.45, 7) is 9.00. The van der Waals surface area contributed by atoms with Crippen LogP contribution < -0.4 is 0 Å². The maximum Gasteiger partial charge on any atom is 0.411 e. The summed E-state index contributed by atoms with van der Waals surface area (Å²) in [7, 11) is 0. The summed E-state index contributed by atoms with van der Waals surface area (Å²) in [6.07, 6.45) is 1.54. The number of amides is 1. The van der Waals surface area contributed by atoms with Crippen LogP contribution in [0.3, 0.4) is 0 Å². The predicted molar refractivity (Wildman–Crippen MR) is 195 cm³/mol. The average molecular weight is 780 g/mol. The zero-order chi connectivity index (χ0) is 34.8. The van der Waals surface area contributed by atoms with E-state index in [2.05, 4.69) is 31.9 Å². The molecule has 48 heavy (non-hydrogen) atoms. The molecule has 0 N–H and O–H groups in total. The number of ketones is 2. The zero-order valence-electron chi connectivity index (χ0n) is 28.0. The minimum atomic E-state index is -0.940. The summed E-state index contributed by atoms with van der Waals surface area (Å²) in [6, 6.07) is 22.1. The van der Waals surface area contributed by atoms with E-state index in [9.17, 15) is 19.2 Å². The quantitative estimate of drug-likeness (QED) is 0.111. The highest BCUT2D eigenvalue weighted by molar-refractivity contribution is 9.10. The van der Waals surface area contributed by atoms with Crippen molar-refractivity contribution < 1.29 is 28.7 Å². The summed E-state index contributed by atoms with van der Waals surface area (Å²) >= 11 is 6.95. The first-order valence-corrected chi connectivity index (χ1v) is 17.9. The van der Waals surface area contributed by atoms with Crippen molar-refractivity contribution in [3.63, 3.8) is 0 Å². The maximum atomic E-state index is 13.5. The lowest BCUT2D eigenvalue weighted by atomic mass is 9.96. The third kappa shape index (κ3) is 8.72. The van der Waals surface area contributed by atoms with Crippen LogP contribution in [0.1, 0.15) is 93.9 Å². The Balaban J connectivity index is 1.15. The summed E-state index contributed by atoms with van der Waals surface area (Å²) in [5.41, 5.74) is -0.642. The third-order valence-corrected chi connectivity index (χ3v) is 10.0. The van der Waals surface area contributed by atoms with Crippen molar-refractivity contribution in [1.29, 1.82) is 0 Å². The van der Waals surface area contributed by atoms with Crippen LogP contribution in [0.15, 0.2) is 81.7 Å². The minimum Gasteiger partial charge on any atom is -0.458 e. The van der Waals surface area contributed by atoms with Crippen LogP contribution in [0, 0.1) is 0 Å². The number of rotatable bonds is 11. The van der Waals surface area contributed by atoms with E-state index in [4.69, 9.17) is 9.47 Å². The lowest BCUT2D eigenvalue weighted by Crippen LogP contribution is -2.48. The van der Waals surface area contributed by atoms with E-state index in [1.54, 1.807) is 27.7 Å². The van der Waals surface area contributed by atoms with Gasteiger partial charge in [-0.3, -0.25) is 14.5 Å². The molecule has 7 nitrogen and oxygen atoms in total. The van der Waals surface area contributed by atoms with Crippen molar-refractivity contribution in [3.05, 3.63) is 92.9 Å². The van der Waals surface area contributed by atoms with Crippen LogP contribution in [0.25, 0.3) is 21.5 Å². The summed E-state index contributed by atoms with van der Waals surface area (Å²) in [5.74, 6) is -0.575. The number of hydrogen-bond acceptors (Lipinski definition) is 6. The first-order valence-electron chi connectivity index (χ1n) is 16.3. The summed E-state index contributed by atoms with van der Waals surface area (Å²) in [4.78, 5) is 54.5. The molecule has 1 saturated heterocycles. The number of esters is 1. The molecule has 2 atom stereocenters. The van der Waals surface area contributed by atoms with Gasteiger partial charge in [0.25, 0.3) is 0 Å². The normalized spacial score (nSPS) is 16.7. The van der Waals surface area contributed by atoms with Crippen molar-refractivity contribution in [3.8, 4) is 0 Å². The van der Waals surface area contributed by atoms with Crippen LogP contribution in [0.2, 0.25) is 0 Å². The Labute approximate surface area is 298 Å². The molecule has 4 aromatic carbocycles. The Morgan fingerprint density at radius 2 is 1.10 bits per heavy atom. The molecule has 4 aromatic rings. The van der Waals surface area contributed by atoms with E-state index in [-0.39, 0.29) is 30.4 Å². The molecule has 1 aliphatic heterocycles. The minimum absolute atomic E-state index is 0.0294. The monoisotopic (exact) mass is 777 g/mol. The highest BCUT2D eigenvalue weighted by Gasteiger charge is 2.43. The Morgan fingerprint density at radius 3 is 1.60 bits per heavy atom. The average Bonchev–Trinajstić information content (AvgIpc) is 3.43. The van der Waals surface area contributed by atoms with E-state index < -0.39 is 29.3 Å². The van der Waals surface area contributed by atoms with Gasteiger partial charge in [0.2, 0.25) is 0 Å². The van der Waals surface area contributed by atoms with Crippen LogP contribution in [0.4, 0.5) is 4.79 Å². The molecule has 2 unspecified atom stereocenters. The van der Waals surface area contributed by atoms with Crippen LogP contribution in [-0.4, -0.2) is 51.8 Å². The maximum absolute atomic E-state index is 13.5. The second kappa shape index (κ2) is 14.5. The van der Waals surface area contributed by atoms with Gasteiger partial charge in [-0.15, -0.1) is 0 Å². The molecule has 0 aliphatic carbocycles. The number of carbonyl (C=O) groups excluding carboxylic acids is 4.